The van der Waals surface area contributed by atoms with E-state index in [2.05, 4.69) is 36.0 Å². The number of methoxy groups -OCH3 is 1. The monoisotopic (exact) mass is 294 g/mol. The summed E-state index contributed by atoms with van der Waals surface area (Å²) in [7, 11) is 1.45. The number of carbonyl (C=O) groups is 1. The van der Waals surface area contributed by atoms with Crippen molar-refractivity contribution in [1.29, 1.82) is 0 Å². The van der Waals surface area contributed by atoms with Gasteiger partial charge in [-0.1, -0.05) is 50.5 Å². The summed E-state index contributed by atoms with van der Waals surface area (Å²) in [4.78, 5) is 10.9. The first-order valence-corrected chi connectivity index (χ1v) is 8.68. The lowest BCUT2D eigenvalue weighted by Crippen LogP contribution is -1.98. The fraction of sp³-hybridized carbons (Fsp3) is 0.737. The van der Waals surface area contributed by atoms with Gasteiger partial charge in [0.2, 0.25) is 0 Å². The van der Waals surface area contributed by atoms with E-state index in [1.807, 2.05) is 0 Å². The minimum Gasteiger partial charge on any atom is -0.469 e. The van der Waals surface area contributed by atoms with Crippen LogP contribution in [0, 0.1) is 0 Å². The Morgan fingerprint density at radius 2 is 1.29 bits per heavy atom. The maximum absolute atomic E-state index is 10.9. The maximum atomic E-state index is 10.9. The van der Waals surface area contributed by atoms with Gasteiger partial charge in [-0.3, -0.25) is 4.79 Å². The largest absolute Gasteiger partial charge is 0.469 e. The summed E-state index contributed by atoms with van der Waals surface area (Å²) in [6.45, 7) is 2.25. The maximum Gasteiger partial charge on any atom is 0.305 e. The summed E-state index contributed by atoms with van der Waals surface area (Å²) < 4.78 is 4.61. The molecular weight excluding hydrogens is 260 g/mol. The van der Waals surface area contributed by atoms with E-state index < -0.39 is 0 Å². The summed E-state index contributed by atoms with van der Waals surface area (Å²) in [6, 6.07) is 0. The molecule has 0 unspecified atom stereocenters. The highest BCUT2D eigenvalue weighted by Gasteiger charge is 1.97. The van der Waals surface area contributed by atoms with Crippen molar-refractivity contribution in [3.8, 4) is 0 Å². The minimum atomic E-state index is -0.0895. The first kappa shape index (κ1) is 19.9. The van der Waals surface area contributed by atoms with Gasteiger partial charge in [0.25, 0.3) is 0 Å². The van der Waals surface area contributed by atoms with Gasteiger partial charge in [0, 0.05) is 6.42 Å². The topological polar surface area (TPSA) is 26.3 Å². The fourth-order valence-electron chi connectivity index (χ4n) is 2.15. The number of hydrogen-bond donors (Lipinski definition) is 0. The molecule has 0 radical (unpaired) electrons. The van der Waals surface area contributed by atoms with Crippen molar-refractivity contribution in [2.45, 2.75) is 84.0 Å². The van der Waals surface area contributed by atoms with E-state index in [0.717, 1.165) is 19.3 Å². The molecule has 0 saturated heterocycles. The fourth-order valence-corrected chi connectivity index (χ4v) is 2.15. The molecule has 0 saturated carbocycles. The zero-order valence-corrected chi connectivity index (χ0v) is 14.1. The summed E-state index contributed by atoms with van der Waals surface area (Å²) >= 11 is 0. The van der Waals surface area contributed by atoms with E-state index in [4.69, 9.17) is 0 Å². The van der Waals surface area contributed by atoms with Crippen molar-refractivity contribution < 1.29 is 9.53 Å². The number of unbranched alkanes of at least 4 members (excludes halogenated alkanes) is 8. The van der Waals surface area contributed by atoms with Crippen LogP contribution in [0.15, 0.2) is 24.3 Å². The lowest BCUT2D eigenvalue weighted by atomic mass is 10.1. The van der Waals surface area contributed by atoms with Crippen LogP contribution >= 0.6 is 0 Å². The van der Waals surface area contributed by atoms with Gasteiger partial charge in [-0.05, 0) is 51.4 Å². The average Bonchev–Trinajstić information content (AvgIpc) is 2.50. The van der Waals surface area contributed by atoms with E-state index in [9.17, 15) is 4.79 Å². The molecule has 0 aliphatic carbocycles. The molecule has 0 atom stereocenters. The molecule has 0 heterocycles. The molecule has 0 bridgehead atoms. The average molecular weight is 294 g/mol. The Balaban J connectivity index is 3.20. The quantitative estimate of drug-likeness (QED) is 0.224. The van der Waals surface area contributed by atoms with E-state index >= 15 is 0 Å². The number of carbonyl (C=O) groups excluding carboxylic acids is 1. The van der Waals surface area contributed by atoms with Crippen molar-refractivity contribution in [3.63, 3.8) is 0 Å². The van der Waals surface area contributed by atoms with Gasteiger partial charge in [-0.2, -0.15) is 0 Å². The summed E-state index contributed by atoms with van der Waals surface area (Å²) in [5, 5.41) is 0. The minimum absolute atomic E-state index is 0.0895. The van der Waals surface area contributed by atoms with E-state index in [1.165, 1.54) is 58.5 Å². The second-order valence-corrected chi connectivity index (χ2v) is 5.54. The Morgan fingerprint density at radius 1 is 0.762 bits per heavy atom. The molecule has 2 nitrogen and oxygen atoms in total. The predicted octanol–water partition coefficient (Wildman–Crippen LogP) is 5.97. The van der Waals surface area contributed by atoms with Crippen molar-refractivity contribution in [3.05, 3.63) is 24.3 Å². The van der Waals surface area contributed by atoms with Gasteiger partial charge in [0.1, 0.15) is 0 Å². The normalized spacial score (nSPS) is 11.5. The van der Waals surface area contributed by atoms with Crippen LogP contribution in [0.3, 0.4) is 0 Å². The first-order chi connectivity index (χ1) is 10.3. The van der Waals surface area contributed by atoms with Gasteiger partial charge < -0.3 is 4.74 Å². The molecule has 0 amide bonds. The summed E-state index contributed by atoms with van der Waals surface area (Å²) in [5.41, 5.74) is 0. The summed E-state index contributed by atoms with van der Waals surface area (Å²) in [5.74, 6) is -0.0895. The van der Waals surface area contributed by atoms with Crippen LogP contribution in [0.4, 0.5) is 0 Å². The number of allylic oxidation sites excluding steroid dienone is 4. The molecule has 122 valence electrons. The van der Waals surface area contributed by atoms with Crippen LogP contribution in [0.25, 0.3) is 0 Å². The molecule has 0 rings (SSSR count). The first-order valence-electron chi connectivity index (χ1n) is 8.68. The third-order valence-electron chi connectivity index (χ3n) is 3.53. The smallest absolute Gasteiger partial charge is 0.305 e. The zero-order valence-electron chi connectivity index (χ0n) is 14.1. The van der Waals surface area contributed by atoms with E-state index in [-0.39, 0.29) is 5.97 Å². The molecule has 2 heteroatoms. The van der Waals surface area contributed by atoms with Gasteiger partial charge >= 0.3 is 5.97 Å². The lowest BCUT2D eigenvalue weighted by Gasteiger charge is -1.98. The Hall–Kier alpha value is -1.05. The van der Waals surface area contributed by atoms with Gasteiger partial charge in [0.15, 0.2) is 0 Å². The van der Waals surface area contributed by atoms with Crippen LogP contribution < -0.4 is 0 Å². The lowest BCUT2D eigenvalue weighted by molar-refractivity contribution is -0.140. The highest BCUT2D eigenvalue weighted by Crippen LogP contribution is 2.06. The molecular formula is C19H34O2. The van der Waals surface area contributed by atoms with E-state index in [1.54, 1.807) is 0 Å². The molecule has 0 aliphatic heterocycles. The van der Waals surface area contributed by atoms with Crippen LogP contribution in [0.1, 0.15) is 84.0 Å². The number of rotatable bonds is 14. The molecule has 21 heavy (non-hydrogen) atoms. The summed E-state index contributed by atoms with van der Waals surface area (Å²) in [6.07, 6.45) is 23.0. The Morgan fingerprint density at radius 3 is 1.81 bits per heavy atom. The predicted molar refractivity (Wildman–Crippen MR) is 91.4 cm³/mol. The Labute approximate surface area is 131 Å². The van der Waals surface area contributed by atoms with Crippen molar-refractivity contribution in [2.75, 3.05) is 7.11 Å². The van der Waals surface area contributed by atoms with Gasteiger partial charge in [-0.25, -0.2) is 0 Å². The van der Waals surface area contributed by atoms with Gasteiger partial charge in [0.05, 0.1) is 7.11 Å². The number of hydrogen-bond acceptors (Lipinski definition) is 2. The third kappa shape index (κ3) is 16.9. The number of ether oxygens (including phenoxy) is 1. The SMILES string of the molecule is CCCCC/C=C\CCC/C=C\CCCCCC(=O)OC. The Bertz CT molecular complexity index is 279. The second-order valence-electron chi connectivity index (χ2n) is 5.54. The van der Waals surface area contributed by atoms with Crippen LogP contribution in [-0.2, 0) is 9.53 Å². The number of esters is 1. The van der Waals surface area contributed by atoms with Gasteiger partial charge in [-0.15, -0.1) is 0 Å². The van der Waals surface area contributed by atoms with Crippen LogP contribution in [0.2, 0.25) is 0 Å². The van der Waals surface area contributed by atoms with Crippen LogP contribution in [-0.4, -0.2) is 13.1 Å². The standard InChI is InChI=1S/C19H34O2/c1-3-4-5-6-7-8-9-10-11-12-13-14-15-16-17-18-19(20)21-2/h7-8,12-13H,3-6,9-11,14-18H2,1-2H3/b8-7-,13-12-. The molecule has 0 aromatic heterocycles. The molecule has 0 spiro atoms. The van der Waals surface area contributed by atoms with E-state index in [0.29, 0.717) is 6.42 Å². The molecule has 0 aliphatic rings. The molecule has 0 aromatic rings. The van der Waals surface area contributed by atoms with Crippen molar-refractivity contribution in [2.24, 2.45) is 0 Å². The highest BCUT2D eigenvalue weighted by molar-refractivity contribution is 5.68. The molecule has 0 fully saturated rings. The molecule has 0 N–H and O–H groups in total. The molecule has 0 aromatic carbocycles. The highest BCUT2D eigenvalue weighted by atomic mass is 16.5. The Kier molecular flexibility index (Phi) is 16.2. The van der Waals surface area contributed by atoms with Crippen molar-refractivity contribution in [1.82, 2.24) is 0 Å². The second kappa shape index (κ2) is 17.0. The zero-order chi connectivity index (χ0) is 15.6. The third-order valence-corrected chi connectivity index (χ3v) is 3.53. The van der Waals surface area contributed by atoms with Crippen LogP contribution in [0.5, 0.6) is 0 Å². The van der Waals surface area contributed by atoms with Crippen molar-refractivity contribution >= 4 is 5.97 Å².